The lowest BCUT2D eigenvalue weighted by Crippen LogP contribution is -2.29. The Morgan fingerprint density at radius 3 is 2.87 bits per heavy atom. The van der Waals surface area contributed by atoms with Gasteiger partial charge >= 0.3 is 6.01 Å². The number of rotatable bonds is 4. The minimum Gasteiger partial charge on any atom is -0.465 e. The first kappa shape index (κ1) is 15.3. The molecule has 1 fully saturated rings. The van der Waals surface area contributed by atoms with Gasteiger partial charge in [0.05, 0.1) is 12.8 Å². The van der Waals surface area contributed by atoms with E-state index in [1.54, 1.807) is 29.4 Å². The molecule has 3 heterocycles. The van der Waals surface area contributed by atoms with E-state index >= 15 is 0 Å². The molecular formula is C17H19N3O3. The van der Waals surface area contributed by atoms with Crippen LogP contribution in [0.2, 0.25) is 0 Å². The van der Waals surface area contributed by atoms with Gasteiger partial charge in [-0.25, -0.2) is 9.97 Å². The Bertz CT molecular complexity index is 690. The van der Waals surface area contributed by atoms with Crippen LogP contribution >= 0.6 is 0 Å². The van der Waals surface area contributed by atoms with Crippen molar-refractivity contribution >= 4 is 12.0 Å². The van der Waals surface area contributed by atoms with Crippen molar-refractivity contribution in [2.24, 2.45) is 0 Å². The van der Waals surface area contributed by atoms with Crippen molar-refractivity contribution in [2.75, 3.05) is 13.1 Å². The van der Waals surface area contributed by atoms with Crippen LogP contribution in [0.15, 0.2) is 35.0 Å². The number of aryl methyl sites for hydroxylation is 2. The third-order valence-corrected chi connectivity index (χ3v) is 3.62. The van der Waals surface area contributed by atoms with Crippen LogP contribution in [-0.4, -0.2) is 40.0 Å². The summed E-state index contributed by atoms with van der Waals surface area (Å²) < 4.78 is 11.0. The van der Waals surface area contributed by atoms with Crippen molar-refractivity contribution in [3.05, 3.63) is 47.7 Å². The van der Waals surface area contributed by atoms with Gasteiger partial charge in [0.15, 0.2) is 0 Å². The van der Waals surface area contributed by atoms with E-state index in [4.69, 9.17) is 9.15 Å². The Hall–Kier alpha value is -2.63. The van der Waals surface area contributed by atoms with Crippen LogP contribution < -0.4 is 4.74 Å². The van der Waals surface area contributed by atoms with Crippen molar-refractivity contribution in [1.29, 1.82) is 0 Å². The minimum absolute atomic E-state index is 0.0474. The molecule has 0 bridgehead atoms. The fourth-order valence-electron chi connectivity index (χ4n) is 2.56. The Kier molecular flexibility index (Phi) is 4.41. The van der Waals surface area contributed by atoms with Gasteiger partial charge in [-0.3, -0.25) is 4.79 Å². The predicted molar refractivity (Wildman–Crippen MR) is 84.9 cm³/mol. The molecule has 2 aromatic heterocycles. The third-order valence-electron chi connectivity index (χ3n) is 3.62. The zero-order chi connectivity index (χ0) is 16.2. The number of carbonyl (C=O) groups excluding carboxylic acids is 1. The van der Waals surface area contributed by atoms with Gasteiger partial charge < -0.3 is 14.1 Å². The molecule has 120 valence electrons. The summed E-state index contributed by atoms with van der Waals surface area (Å²) in [5.74, 6) is 0.614. The Balaban J connectivity index is 1.56. The van der Waals surface area contributed by atoms with Gasteiger partial charge in [-0.05, 0) is 38.1 Å². The van der Waals surface area contributed by atoms with Crippen LogP contribution in [0.25, 0.3) is 6.08 Å². The van der Waals surface area contributed by atoms with E-state index < -0.39 is 0 Å². The number of carbonyl (C=O) groups is 1. The molecule has 6 heteroatoms. The average Bonchev–Trinajstić information content (AvgIpc) is 3.15. The summed E-state index contributed by atoms with van der Waals surface area (Å²) in [5, 5.41) is 0. The average molecular weight is 313 g/mol. The molecular weight excluding hydrogens is 294 g/mol. The summed E-state index contributed by atoms with van der Waals surface area (Å²) in [6.45, 7) is 5.02. The number of nitrogens with zero attached hydrogens (tertiary/aromatic N) is 3. The van der Waals surface area contributed by atoms with Gasteiger partial charge in [0.25, 0.3) is 0 Å². The molecule has 1 unspecified atom stereocenters. The summed E-state index contributed by atoms with van der Waals surface area (Å²) in [4.78, 5) is 22.5. The van der Waals surface area contributed by atoms with E-state index in [2.05, 4.69) is 9.97 Å². The Morgan fingerprint density at radius 1 is 1.39 bits per heavy atom. The van der Waals surface area contributed by atoms with Gasteiger partial charge in [0.1, 0.15) is 11.9 Å². The molecule has 0 aliphatic carbocycles. The topological polar surface area (TPSA) is 68.5 Å². The lowest BCUT2D eigenvalue weighted by molar-refractivity contribution is -0.125. The summed E-state index contributed by atoms with van der Waals surface area (Å²) in [6.07, 6.45) is 5.47. The number of amides is 1. The largest absolute Gasteiger partial charge is 0.465 e. The van der Waals surface area contributed by atoms with Crippen LogP contribution in [0.1, 0.15) is 23.6 Å². The van der Waals surface area contributed by atoms with Crippen LogP contribution in [0.3, 0.4) is 0 Å². The number of likely N-dealkylation sites (tertiary alicyclic amines) is 1. The Morgan fingerprint density at radius 2 is 2.17 bits per heavy atom. The molecule has 1 amide bonds. The number of ether oxygens (including phenoxy) is 1. The summed E-state index contributed by atoms with van der Waals surface area (Å²) in [6, 6.07) is 5.87. The fourth-order valence-corrected chi connectivity index (χ4v) is 2.56. The molecule has 1 aliphatic rings. The molecule has 0 radical (unpaired) electrons. The molecule has 23 heavy (non-hydrogen) atoms. The first-order chi connectivity index (χ1) is 11.1. The molecule has 0 N–H and O–H groups in total. The van der Waals surface area contributed by atoms with Gasteiger partial charge in [0.2, 0.25) is 5.91 Å². The highest BCUT2D eigenvalue weighted by Gasteiger charge is 2.27. The monoisotopic (exact) mass is 313 g/mol. The third kappa shape index (κ3) is 3.97. The standard InChI is InChI=1S/C17H19N3O3/c1-12-10-13(2)19-17(18-12)23-15-7-8-20(11-15)16(21)6-5-14-4-3-9-22-14/h3-6,9-10,15H,7-8,11H2,1-2H3. The van der Waals surface area contributed by atoms with E-state index in [1.807, 2.05) is 19.9 Å². The van der Waals surface area contributed by atoms with E-state index in [1.165, 1.54) is 6.08 Å². The van der Waals surface area contributed by atoms with E-state index in [0.717, 1.165) is 17.8 Å². The second-order valence-electron chi connectivity index (χ2n) is 5.59. The molecule has 0 spiro atoms. The van der Waals surface area contributed by atoms with Gasteiger partial charge in [-0.2, -0.15) is 0 Å². The van der Waals surface area contributed by atoms with Gasteiger partial charge in [0, 0.05) is 30.4 Å². The van der Waals surface area contributed by atoms with Crippen molar-refractivity contribution in [3.63, 3.8) is 0 Å². The van der Waals surface area contributed by atoms with Gasteiger partial charge in [-0.15, -0.1) is 0 Å². The van der Waals surface area contributed by atoms with Crippen molar-refractivity contribution in [3.8, 4) is 6.01 Å². The number of hydrogen-bond acceptors (Lipinski definition) is 5. The first-order valence-corrected chi connectivity index (χ1v) is 7.59. The Labute approximate surface area is 134 Å². The highest BCUT2D eigenvalue weighted by atomic mass is 16.5. The quantitative estimate of drug-likeness (QED) is 0.811. The maximum absolute atomic E-state index is 12.2. The molecule has 3 rings (SSSR count). The second-order valence-corrected chi connectivity index (χ2v) is 5.59. The van der Waals surface area contributed by atoms with Crippen LogP contribution in [0.5, 0.6) is 6.01 Å². The summed E-state index contributed by atoms with van der Waals surface area (Å²) in [7, 11) is 0. The lowest BCUT2D eigenvalue weighted by Gasteiger charge is -2.15. The number of hydrogen-bond donors (Lipinski definition) is 0. The van der Waals surface area contributed by atoms with Crippen LogP contribution in [0.4, 0.5) is 0 Å². The lowest BCUT2D eigenvalue weighted by atomic mass is 10.3. The highest BCUT2D eigenvalue weighted by Crippen LogP contribution is 2.16. The maximum atomic E-state index is 12.2. The van der Waals surface area contributed by atoms with E-state index in [0.29, 0.717) is 24.9 Å². The maximum Gasteiger partial charge on any atom is 0.317 e. The fraction of sp³-hybridized carbons (Fsp3) is 0.353. The zero-order valence-corrected chi connectivity index (χ0v) is 13.2. The smallest absolute Gasteiger partial charge is 0.317 e. The predicted octanol–water partition coefficient (Wildman–Crippen LogP) is 2.38. The van der Waals surface area contributed by atoms with Crippen LogP contribution in [-0.2, 0) is 4.79 Å². The normalized spacial score (nSPS) is 17.8. The highest BCUT2D eigenvalue weighted by molar-refractivity contribution is 5.91. The van der Waals surface area contributed by atoms with E-state index in [-0.39, 0.29) is 12.0 Å². The molecule has 1 aliphatic heterocycles. The van der Waals surface area contributed by atoms with Crippen molar-refractivity contribution in [2.45, 2.75) is 26.4 Å². The molecule has 6 nitrogen and oxygen atoms in total. The second kappa shape index (κ2) is 6.64. The van der Waals surface area contributed by atoms with E-state index in [9.17, 15) is 4.79 Å². The minimum atomic E-state index is -0.0721. The molecule has 0 aromatic carbocycles. The zero-order valence-electron chi connectivity index (χ0n) is 13.2. The van der Waals surface area contributed by atoms with Crippen molar-refractivity contribution < 1.29 is 13.9 Å². The number of aromatic nitrogens is 2. The first-order valence-electron chi connectivity index (χ1n) is 7.59. The summed E-state index contributed by atoms with van der Waals surface area (Å²) in [5.41, 5.74) is 1.75. The van der Waals surface area contributed by atoms with Crippen LogP contribution in [0, 0.1) is 13.8 Å². The SMILES string of the molecule is Cc1cc(C)nc(OC2CCN(C(=O)C=Cc3ccco3)C2)n1. The molecule has 1 atom stereocenters. The molecule has 1 saturated heterocycles. The molecule has 2 aromatic rings. The summed E-state index contributed by atoms with van der Waals surface area (Å²) >= 11 is 0. The van der Waals surface area contributed by atoms with Gasteiger partial charge in [-0.1, -0.05) is 0 Å². The number of furan rings is 1. The van der Waals surface area contributed by atoms with Crippen molar-refractivity contribution in [1.82, 2.24) is 14.9 Å². The molecule has 0 saturated carbocycles.